The molecule has 1 aromatic heterocycles. The molecule has 2 aromatic rings. The van der Waals surface area contributed by atoms with Crippen molar-refractivity contribution in [2.24, 2.45) is 0 Å². The van der Waals surface area contributed by atoms with Crippen LogP contribution in [0.1, 0.15) is 28.5 Å². The molecular formula is C17H21N3O4. The molecule has 1 amide bonds. The number of methoxy groups -OCH3 is 1. The third-order valence-electron chi connectivity index (χ3n) is 3.82. The normalized spacial score (nSPS) is 13.3. The molecule has 128 valence electrons. The average molecular weight is 331 g/mol. The zero-order valence-corrected chi connectivity index (χ0v) is 13.9. The number of carboxylic acids is 1. The molecule has 1 unspecified atom stereocenters. The second-order valence-corrected chi connectivity index (χ2v) is 5.81. The molecule has 7 heteroatoms. The number of aliphatic carboxylic acids is 1. The number of ether oxygens (including phenoxy) is 1. The Morgan fingerprint density at radius 1 is 1.33 bits per heavy atom. The lowest BCUT2D eigenvalue weighted by Gasteiger charge is -2.25. The molecule has 0 bridgehead atoms. The van der Waals surface area contributed by atoms with E-state index in [2.05, 4.69) is 10.4 Å². The van der Waals surface area contributed by atoms with Crippen LogP contribution in [-0.4, -0.2) is 46.0 Å². The first-order valence-corrected chi connectivity index (χ1v) is 7.48. The summed E-state index contributed by atoms with van der Waals surface area (Å²) in [6.45, 7) is 3.58. The van der Waals surface area contributed by atoms with E-state index in [-0.39, 0.29) is 6.61 Å². The lowest BCUT2D eigenvalue weighted by Crippen LogP contribution is -2.55. The maximum atomic E-state index is 12.4. The van der Waals surface area contributed by atoms with Gasteiger partial charge in [0.25, 0.3) is 5.91 Å². The van der Waals surface area contributed by atoms with Gasteiger partial charge in [0.05, 0.1) is 24.9 Å². The molecule has 7 nitrogen and oxygen atoms in total. The number of hydrogen-bond acceptors (Lipinski definition) is 4. The summed E-state index contributed by atoms with van der Waals surface area (Å²) >= 11 is 0. The molecule has 0 radical (unpaired) electrons. The van der Waals surface area contributed by atoms with E-state index in [9.17, 15) is 14.7 Å². The number of hydrogen-bond donors (Lipinski definition) is 2. The zero-order valence-electron chi connectivity index (χ0n) is 13.9. The molecular weight excluding hydrogens is 310 g/mol. The van der Waals surface area contributed by atoms with Crippen molar-refractivity contribution in [3.05, 3.63) is 53.3 Å². The summed E-state index contributed by atoms with van der Waals surface area (Å²) < 4.78 is 6.61. The Hall–Kier alpha value is -2.67. The predicted octanol–water partition coefficient (Wildman–Crippen LogP) is 1.46. The Kier molecular flexibility index (Phi) is 5.35. The van der Waals surface area contributed by atoms with Gasteiger partial charge in [0, 0.05) is 12.8 Å². The third kappa shape index (κ3) is 3.80. The number of aromatic nitrogens is 2. The third-order valence-corrected chi connectivity index (χ3v) is 3.82. The molecule has 0 saturated heterocycles. The molecule has 1 heterocycles. The minimum atomic E-state index is -1.50. The lowest BCUT2D eigenvalue weighted by molar-refractivity contribution is -0.145. The number of amides is 1. The Morgan fingerprint density at radius 2 is 2.00 bits per heavy atom. The highest BCUT2D eigenvalue weighted by atomic mass is 16.5. The Balaban J connectivity index is 2.18. The Labute approximate surface area is 140 Å². The number of nitrogens with one attached hydrogen (secondary N) is 1. The van der Waals surface area contributed by atoms with E-state index >= 15 is 0 Å². The van der Waals surface area contributed by atoms with Crippen molar-refractivity contribution in [2.45, 2.75) is 25.9 Å². The molecule has 2 rings (SSSR count). The van der Waals surface area contributed by atoms with Gasteiger partial charge in [-0.1, -0.05) is 30.3 Å². The number of carbonyl (C=O) groups excluding carboxylic acids is 1. The van der Waals surface area contributed by atoms with E-state index in [1.165, 1.54) is 20.2 Å². The molecule has 0 aliphatic heterocycles. The number of benzene rings is 1. The Bertz CT molecular complexity index is 727. The van der Waals surface area contributed by atoms with Crippen molar-refractivity contribution in [3.63, 3.8) is 0 Å². The highest BCUT2D eigenvalue weighted by molar-refractivity contribution is 5.98. The predicted molar refractivity (Wildman–Crippen MR) is 87.9 cm³/mol. The second-order valence-electron chi connectivity index (χ2n) is 5.81. The smallest absolute Gasteiger partial charge is 0.331 e. The fourth-order valence-electron chi connectivity index (χ4n) is 2.34. The van der Waals surface area contributed by atoms with Crippen molar-refractivity contribution in [2.75, 3.05) is 13.7 Å². The van der Waals surface area contributed by atoms with Crippen molar-refractivity contribution in [3.8, 4) is 0 Å². The van der Waals surface area contributed by atoms with E-state index in [1.54, 1.807) is 11.6 Å². The molecule has 0 aliphatic carbocycles. The Morgan fingerprint density at radius 3 is 2.58 bits per heavy atom. The largest absolute Gasteiger partial charge is 0.479 e. The number of nitrogens with zero attached hydrogens (tertiary/aromatic N) is 2. The van der Waals surface area contributed by atoms with Crippen molar-refractivity contribution in [1.82, 2.24) is 15.1 Å². The van der Waals surface area contributed by atoms with Crippen LogP contribution in [0.25, 0.3) is 0 Å². The van der Waals surface area contributed by atoms with Gasteiger partial charge in [-0.3, -0.25) is 9.48 Å². The summed E-state index contributed by atoms with van der Waals surface area (Å²) in [5.74, 6) is -1.65. The topological polar surface area (TPSA) is 93.5 Å². The van der Waals surface area contributed by atoms with Gasteiger partial charge in [0.2, 0.25) is 0 Å². The van der Waals surface area contributed by atoms with Crippen LogP contribution in [0, 0.1) is 6.92 Å². The highest BCUT2D eigenvalue weighted by Gasteiger charge is 2.36. The van der Waals surface area contributed by atoms with Gasteiger partial charge in [-0.15, -0.1) is 0 Å². The number of carbonyl (C=O) groups is 2. The average Bonchev–Trinajstić information content (AvgIpc) is 2.89. The van der Waals surface area contributed by atoms with E-state index < -0.39 is 17.4 Å². The maximum absolute atomic E-state index is 12.4. The van der Waals surface area contributed by atoms with E-state index in [0.29, 0.717) is 17.8 Å². The van der Waals surface area contributed by atoms with Crippen LogP contribution in [0.15, 0.2) is 36.5 Å². The number of rotatable bonds is 7. The van der Waals surface area contributed by atoms with E-state index in [1.807, 2.05) is 30.3 Å². The van der Waals surface area contributed by atoms with Crippen molar-refractivity contribution < 1.29 is 19.4 Å². The van der Waals surface area contributed by atoms with Gasteiger partial charge < -0.3 is 15.2 Å². The lowest BCUT2D eigenvalue weighted by atomic mass is 10.0. The maximum Gasteiger partial charge on any atom is 0.331 e. The molecule has 24 heavy (non-hydrogen) atoms. The fraction of sp³-hybridized carbons (Fsp3) is 0.353. The molecule has 1 atom stereocenters. The van der Waals surface area contributed by atoms with Gasteiger partial charge in [-0.2, -0.15) is 5.10 Å². The van der Waals surface area contributed by atoms with E-state index in [0.717, 1.165) is 5.56 Å². The minimum Gasteiger partial charge on any atom is -0.479 e. The van der Waals surface area contributed by atoms with Crippen LogP contribution < -0.4 is 5.32 Å². The molecule has 0 spiro atoms. The molecule has 0 fully saturated rings. The highest BCUT2D eigenvalue weighted by Crippen LogP contribution is 2.13. The molecule has 0 aliphatic rings. The van der Waals surface area contributed by atoms with Gasteiger partial charge >= 0.3 is 5.97 Å². The molecule has 1 aromatic carbocycles. The van der Waals surface area contributed by atoms with Gasteiger partial charge in [0.15, 0.2) is 5.54 Å². The molecule has 2 N–H and O–H groups in total. The summed E-state index contributed by atoms with van der Waals surface area (Å²) in [4.78, 5) is 23.8. The minimum absolute atomic E-state index is 0.134. The first-order valence-electron chi connectivity index (χ1n) is 7.48. The van der Waals surface area contributed by atoms with Crippen molar-refractivity contribution in [1.29, 1.82) is 0 Å². The van der Waals surface area contributed by atoms with Crippen LogP contribution in [0.3, 0.4) is 0 Å². The van der Waals surface area contributed by atoms with Crippen LogP contribution in [0.2, 0.25) is 0 Å². The SMILES string of the molecule is COCC(C)(NC(=O)c1cnn(Cc2ccccc2)c1C)C(=O)O. The first kappa shape index (κ1) is 17.7. The summed E-state index contributed by atoms with van der Waals surface area (Å²) in [6.07, 6.45) is 1.45. The zero-order chi connectivity index (χ0) is 17.7. The fourth-order valence-corrected chi connectivity index (χ4v) is 2.34. The second kappa shape index (κ2) is 7.27. The van der Waals surface area contributed by atoms with Crippen LogP contribution >= 0.6 is 0 Å². The van der Waals surface area contributed by atoms with Crippen LogP contribution in [-0.2, 0) is 16.1 Å². The summed E-state index contributed by atoms with van der Waals surface area (Å²) in [6, 6.07) is 9.75. The van der Waals surface area contributed by atoms with Crippen LogP contribution in [0.5, 0.6) is 0 Å². The summed E-state index contributed by atoms with van der Waals surface area (Å²) in [5, 5.41) is 16.1. The first-order chi connectivity index (χ1) is 11.4. The summed E-state index contributed by atoms with van der Waals surface area (Å²) in [5.41, 5.74) is 0.571. The van der Waals surface area contributed by atoms with Crippen molar-refractivity contribution >= 4 is 11.9 Å². The van der Waals surface area contributed by atoms with Gasteiger partial charge in [-0.25, -0.2) is 4.79 Å². The standard InChI is InChI=1S/C17H21N3O4/c1-12-14(15(21)19-17(2,11-24-3)16(22)23)9-18-20(12)10-13-7-5-4-6-8-13/h4-9H,10-11H2,1-3H3,(H,19,21)(H,22,23). The van der Waals surface area contributed by atoms with Gasteiger partial charge in [-0.05, 0) is 19.4 Å². The molecule has 0 saturated carbocycles. The van der Waals surface area contributed by atoms with Crippen LogP contribution in [0.4, 0.5) is 0 Å². The quantitative estimate of drug-likeness (QED) is 0.801. The monoisotopic (exact) mass is 331 g/mol. The summed E-state index contributed by atoms with van der Waals surface area (Å²) in [7, 11) is 1.39. The number of carboxylic acid groups (broad SMARTS) is 1. The van der Waals surface area contributed by atoms with E-state index in [4.69, 9.17) is 4.74 Å². The van der Waals surface area contributed by atoms with Gasteiger partial charge in [0.1, 0.15) is 0 Å².